The lowest BCUT2D eigenvalue weighted by atomic mass is 10.3. The zero-order valence-electron chi connectivity index (χ0n) is 16.2. The van der Waals surface area contributed by atoms with Gasteiger partial charge in [0.1, 0.15) is 5.00 Å². The van der Waals surface area contributed by atoms with Crippen molar-refractivity contribution < 1.29 is 17.9 Å². The summed E-state index contributed by atoms with van der Waals surface area (Å²) in [5.41, 5.74) is 0.933. The molecule has 0 saturated carbocycles. The number of rotatable bonds is 6. The summed E-state index contributed by atoms with van der Waals surface area (Å²) >= 11 is 12.3. The number of esters is 1. The number of carbonyl (C=O) groups excluding carboxylic acids is 1. The monoisotopic (exact) mass is 497 g/mol. The number of halogens is 1. The van der Waals surface area contributed by atoms with Crippen molar-refractivity contribution in [2.45, 2.75) is 11.8 Å². The van der Waals surface area contributed by atoms with Gasteiger partial charge in [-0.1, -0.05) is 11.6 Å². The normalized spacial score (nSPS) is 10.9. The Balaban J connectivity index is 1.67. The van der Waals surface area contributed by atoms with Crippen LogP contribution in [0.15, 0.2) is 47.4 Å². The summed E-state index contributed by atoms with van der Waals surface area (Å²) in [4.78, 5) is 12.8. The molecule has 0 aliphatic carbocycles. The minimum atomic E-state index is -3.86. The van der Waals surface area contributed by atoms with Crippen molar-refractivity contribution in [1.29, 1.82) is 0 Å². The largest absolute Gasteiger partial charge is 0.465 e. The van der Waals surface area contributed by atoms with Crippen LogP contribution in [0.1, 0.15) is 15.2 Å². The Morgan fingerprint density at radius 3 is 2.45 bits per heavy atom. The molecule has 3 rings (SSSR count). The number of ether oxygens (including phenoxy) is 1. The Kier molecular flexibility index (Phi) is 7.05. The molecule has 0 amide bonds. The molecule has 31 heavy (non-hydrogen) atoms. The number of aromatic nitrogens is 2. The summed E-state index contributed by atoms with van der Waals surface area (Å²) in [6.07, 6.45) is 0. The highest BCUT2D eigenvalue weighted by Gasteiger charge is 2.17. The average molecular weight is 498 g/mol. The number of nitrogens with zero attached hydrogens (tertiary/aromatic N) is 2. The van der Waals surface area contributed by atoms with Crippen molar-refractivity contribution in [2.75, 3.05) is 22.5 Å². The summed E-state index contributed by atoms with van der Waals surface area (Å²) in [5.74, 6) is -0.424. The number of anilines is 3. The molecular formula is C18H16ClN5O4S3. The predicted molar refractivity (Wildman–Crippen MR) is 125 cm³/mol. The molecule has 1 aromatic carbocycles. The van der Waals surface area contributed by atoms with Crippen LogP contribution in [-0.4, -0.2) is 36.8 Å². The number of sulfonamides is 1. The minimum Gasteiger partial charge on any atom is -0.465 e. The second-order valence-electron chi connectivity index (χ2n) is 6.04. The molecule has 3 N–H and O–H groups in total. The lowest BCUT2D eigenvalue weighted by molar-refractivity contribution is 0.0602. The van der Waals surface area contributed by atoms with Gasteiger partial charge in [-0.3, -0.25) is 4.72 Å². The van der Waals surface area contributed by atoms with Crippen LogP contribution in [0.2, 0.25) is 5.15 Å². The van der Waals surface area contributed by atoms with Crippen molar-refractivity contribution in [3.63, 3.8) is 0 Å². The highest BCUT2D eigenvalue weighted by Crippen LogP contribution is 2.28. The number of aryl methyl sites for hydroxylation is 1. The molecule has 0 aliphatic heterocycles. The first-order valence-corrected chi connectivity index (χ1v) is 11.7. The molecule has 0 aliphatic rings. The Bertz CT molecular complexity index is 1210. The fourth-order valence-corrected chi connectivity index (χ4v) is 4.70. The van der Waals surface area contributed by atoms with E-state index >= 15 is 0 Å². The van der Waals surface area contributed by atoms with E-state index in [-0.39, 0.29) is 21.0 Å². The third kappa shape index (κ3) is 5.88. The Morgan fingerprint density at radius 2 is 1.84 bits per heavy atom. The third-order valence-corrected chi connectivity index (χ3v) is 6.52. The van der Waals surface area contributed by atoms with E-state index in [0.29, 0.717) is 16.3 Å². The van der Waals surface area contributed by atoms with Gasteiger partial charge in [-0.15, -0.1) is 21.5 Å². The molecule has 0 saturated heterocycles. The van der Waals surface area contributed by atoms with Gasteiger partial charge in [0.05, 0.1) is 17.6 Å². The first-order valence-electron chi connectivity index (χ1n) is 8.57. The lowest BCUT2D eigenvalue weighted by Gasteiger charge is -2.11. The van der Waals surface area contributed by atoms with Gasteiger partial charge in [0.15, 0.2) is 16.1 Å². The zero-order valence-corrected chi connectivity index (χ0v) is 19.4. The molecule has 162 valence electrons. The lowest BCUT2D eigenvalue weighted by Crippen LogP contribution is -2.20. The Morgan fingerprint density at radius 1 is 1.13 bits per heavy atom. The van der Waals surface area contributed by atoms with Gasteiger partial charge in [0, 0.05) is 10.6 Å². The summed E-state index contributed by atoms with van der Waals surface area (Å²) in [6, 6.07) is 10.5. The van der Waals surface area contributed by atoms with Crippen LogP contribution in [0.3, 0.4) is 0 Å². The van der Waals surface area contributed by atoms with Crippen LogP contribution in [0.4, 0.5) is 16.5 Å². The zero-order chi connectivity index (χ0) is 22.6. The van der Waals surface area contributed by atoms with E-state index in [2.05, 4.69) is 25.6 Å². The van der Waals surface area contributed by atoms with E-state index in [1.807, 2.05) is 6.92 Å². The molecule has 3 aromatic rings. The molecule has 9 nitrogen and oxygen atoms in total. The summed E-state index contributed by atoms with van der Waals surface area (Å²) in [7, 11) is -2.55. The van der Waals surface area contributed by atoms with E-state index in [9.17, 15) is 13.2 Å². The maximum atomic E-state index is 12.5. The Labute approximate surface area is 192 Å². The van der Waals surface area contributed by atoms with Gasteiger partial charge >= 0.3 is 5.97 Å². The molecule has 0 bridgehead atoms. The number of hydrogen-bond acceptors (Lipinski definition) is 8. The number of benzene rings is 1. The van der Waals surface area contributed by atoms with Crippen molar-refractivity contribution >= 4 is 72.8 Å². The maximum absolute atomic E-state index is 12.5. The van der Waals surface area contributed by atoms with E-state index in [1.54, 1.807) is 18.2 Å². The predicted octanol–water partition coefficient (Wildman–Crippen LogP) is 3.90. The van der Waals surface area contributed by atoms with Crippen LogP contribution in [0.25, 0.3) is 0 Å². The SMILES string of the molecule is COC(=O)c1cc(C)sc1NC(=S)Nc1ccc(S(=O)(=O)Nc2ccc(Cl)nn2)cc1. The molecular weight excluding hydrogens is 482 g/mol. The van der Waals surface area contributed by atoms with E-state index in [0.717, 1.165) is 4.88 Å². The van der Waals surface area contributed by atoms with E-state index in [4.69, 9.17) is 28.6 Å². The van der Waals surface area contributed by atoms with Crippen LogP contribution >= 0.6 is 35.2 Å². The van der Waals surface area contributed by atoms with Crippen LogP contribution in [0.5, 0.6) is 0 Å². The van der Waals surface area contributed by atoms with Crippen molar-refractivity contribution in [1.82, 2.24) is 10.2 Å². The van der Waals surface area contributed by atoms with Crippen LogP contribution < -0.4 is 15.4 Å². The number of methoxy groups -OCH3 is 1. The van der Waals surface area contributed by atoms with Gasteiger partial charge in [0.25, 0.3) is 10.0 Å². The average Bonchev–Trinajstić information content (AvgIpc) is 3.09. The topological polar surface area (TPSA) is 122 Å². The van der Waals surface area contributed by atoms with Crippen molar-refractivity contribution in [2.24, 2.45) is 0 Å². The van der Waals surface area contributed by atoms with Gasteiger partial charge in [0.2, 0.25) is 0 Å². The number of carbonyl (C=O) groups is 1. The second kappa shape index (κ2) is 9.56. The van der Waals surface area contributed by atoms with E-state index < -0.39 is 16.0 Å². The highest BCUT2D eigenvalue weighted by atomic mass is 35.5. The fourth-order valence-electron chi connectivity index (χ4n) is 2.42. The van der Waals surface area contributed by atoms with E-state index in [1.165, 1.54) is 42.7 Å². The maximum Gasteiger partial charge on any atom is 0.340 e. The summed E-state index contributed by atoms with van der Waals surface area (Å²) in [5, 5.41) is 14.1. The first kappa shape index (κ1) is 22.9. The van der Waals surface area contributed by atoms with Crippen LogP contribution in [0, 0.1) is 6.92 Å². The number of hydrogen-bond donors (Lipinski definition) is 3. The molecule has 0 fully saturated rings. The van der Waals surface area contributed by atoms with Crippen molar-refractivity contribution in [3.8, 4) is 0 Å². The van der Waals surface area contributed by atoms with Gasteiger partial charge in [-0.2, -0.15) is 0 Å². The number of thiocarbonyl (C=S) groups is 1. The van der Waals surface area contributed by atoms with Gasteiger partial charge < -0.3 is 15.4 Å². The first-order chi connectivity index (χ1) is 14.7. The molecule has 2 aromatic heterocycles. The molecule has 13 heteroatoms. The van der Waals surface area contributed by atoms with Crippen molar-refractivity contribution in [3.05, 3.63) is 58.1 Å². The van der Waals surface area contributed by atoms with Gasteiger partial charge in [-0.05, 0) is 61.6 Å². The molecule has 0 spiro atoms. The minimum absolute atomic E-state index is 0.0236. The molecule has 0 unspecified atom stereocenters. The van der Waals surface area contributed by atoms with Crippen LogP contribution in [-0.2, 0) is 14.8 Å². The molecule has 0 atom stereocenters. The second-order valence-corrected chi connectivity index (χ2v) is 9.78. The fraction of sp³-hybridized carbons (Fsp3) is 0.111. The van der Waals surface area contributed by atoms with Gasteiger partial charge in [-0.25, -0.2) is 13.2 Å². The highest BCUT2D eigenvalue weighted by molar-refractivity contribution is 7.92. The summed E-state index contributed by atoms with van der Waals surface area (Å²) < 4.78 is 32.0. The quantitative estimate of drug-likeness (QED) is 0.343. The number of nitrogens with one attached hydrogen (secondary N) is 3. The summed E-state index contributed by atoms with van der Waals surface area (Å²) in [6.45, 7) is 1.86. The standard InChI is InChI=1S/C18H16ClN5O4S3/c1-10-9-13(17(25)28-2)16(30-10)21-18(29)20-11-3-5-12(6-4-11)31(26,27)24-15-8-7-14(19)22-23-15/h3-9H,1-2H3,(H,23,24)(H2,20,21,29). The molecule has 0 radical (unpaired) electrons. The molecule has 2 heterocycles. The Hall–Kier alpha value is -2.80. The smallest absolute Gasteiger partial charge is 0.340 e. The number of thiophene rings is 1. The third-order valence-electron chi connectivity index (χ3n) is 3.78.